The number of carbonyl (C=O) groups is 1. The van der Waals surface area contributed by atoms with E-state index in [2.05, 4.69) is 15.5 Å². The third-order valence-corrected chi connectivity index (χ3v) is 4.13. The van der Waals surface area contributed by atoms with Gasteiger partial charge in [-0.3, -0.25) is 4.79 Å². The summed E-state index contributed by atoms with van der Waals surface area (Å²) in [5, 5.41) is 10.7. The van der Waals surface area contributed by atoms with Gasteiger partial charge in [-0.1, -0.05) is 12.1 Å². The van der Waals surface area contributed by atoms with E-state index >= 15 is 0 Å². The second-order valence-corrected chi connectivity index (χ2v) is 5.80. The number of ether oxygens (including phenoxy) is 4. The summed E-state index contributed by atoms with van der Waals surface area (Å²) >= 11 is 0. The third-order valence-electron chi connectivity index (χ3n) is 4.13. The molecule has 0 aliphatic carbocycles. The summed E-state index contributed by atoms with van der Waals surface area (Å²) in [4.78, 5) is 12.6. The second kappa shape index (κ2) is 8.96. The first kappa shape index (κ1) is 20.0. The number of nitrogens with zero attached hydrogens (tertiary/aromatic N) is 2. The van der Waals surface area contributed by atoms with Gasteiger partial charge in [0.15, 0.2) is 11.5 Å². The second-order valence-electron chi connectivity index (χ2n) is 5.80. The van der Waals surface area contributed by atoms with E-state index in [1.807, 2.05) is 18.2 Å². The Labute approximate surface area is 167 Å². The zero-order chi connectivity index (χ0) is 20.8. The number of nitrogens with one attached hydrogen (secondary N) is 1. The Morgan fingerprint density at radius 2 is 1.59 bits per heavy atom. The molecule has 1 aromatic heterocycles. The molecular formula is C20H21N3O6. The molecule has 0 atom stereocenters. The monoisotopic (exact) mass is 399 g/mol. The molecule has 1 heterocycles. The number of benzene rings is 2. The van der Waals surface area contributed by atoms with Crippen molar-refractivity contribution >= 4 is 5.91 Å². The van der Waals surface area contributed by atoms with Crippen molar-refractivity contribution < 1.29 is 28.2 Å². The Morgan fingerprint density at radius 1 is 0.931 bits per heavy atom. The van der Waals surface area contributed by atoms with Crippen molar-refractivity contribution in [3.8, 4) is 34.5 Å². The first-order chi connectivity index (χ1) is 14.1. The van der Waals surface area contributed by atoms with Gasteiger partial charge in [0.2, 0.25) is 11.6 Å². The highest BCUT2D eigenvalue weighted by Crippen LogP contribution is 2.38. The lowest BCUT2D eigenvalue weighted by Gasteiger charge is -2.13. The maximum atomic E-state index is 12.6. The summed E-state index contributed by atoms with van der Waals surface area (Å²) in [7, 11) is 6.02. The summed E-state index contributed by atoms with van der Waals surface area (Å²) in [6.07, 6.45) is 0. The van der Waals surface area contributed by atoms with Gasteiger partial charge in [-0.05, 0) is 24.3 Å². The third kappa shape index (κ3) is 4.23. The molecule has 2 aromatic carbocycles. The summed E-state index contributed by atoms with van der Waals surface area (Å²) in [6.45, 7) is 0.0532. The van der Waals surface area contributed by atoms with Gasteiger partial charge in [0.1, 0.15) is 5.75 Å². The molecule has 9 nitrogen and oxygen atoms in total. The number of para-hydroxylation sites is 1. The average Bonchev–Trinajstić information content (AvgIpc) is 3.25. The summed E-state index contributed by atoms with van der Waals surface area (Å²) in [6, 6.07) is 10.4. The van der Waals surface area contributed by atoms with Gasteiger partial charge in [0.05, 0.1) is 40.5 Å². The highest BCUT2D eigenvalue weighted by atomic mass is 16.5. The zero-order valence-electron chi connectivity index (χ0n) is 16.5. The molecule has 0 bridgehead atoms. The molecule has 3 rings (SSSR count). The molecule has 0 saturated carbocycles. The van der Waals surface area contributed by atoms with E-state index in [-0.39, 0.29) is 18.3 Å². The minimum atomic E-state index is -0.360. The topological polar surface area (TPSA) is 105 Å². The van der Waals surface area contributed by atoms with Gasteiger partial charge < -0.3 is 28.7 Å². The van der Waals surface area contributed by atoms with E-state index in [0.29, 0.717) is 40.0 Å². The zero-order valence-corrected chi connectivity index (χ0v) is 16.5. The van der Waals surface area contributed by atoms with Crippen LogP contribution >= 0.6 is 0 Å². The van der Waals surface area contributed by atoms with E-state index in [9.17, 15) is 4.79 Å². The van der Waals surface area contributed by atoms with Crippen LogP contribution in [0.4, 0.5) is 0 Å². The van der Waals surface area contributed by atoms with Crippen LogP contribution in [0.3, 0.4) is 0 Å². The van der Waals surface area contributed by atoms with Crippen LogP contribution in [0.15, 0.2) is 40.8 Å². The molecule has 152 valence electrons. The predicted octanol–water partition coefficient (Wildman–Crippen LogP) is 2.70. The maximum Gasteiger partial charge on any atom is 0.251 e. The van der Waals surface area contributed by atoms with Crippen LogP contribution in [0.25, 0.3) is 11.5 Å². The molecule has 0 radical (unpaired) electrons. The summed E-state index contributed by atoms with van der Waals surface area (Å²) < 4.78 is 26.7. The Hall–Kier alpha value is -3.75. The van der Waals surface area contributed by atoms with Crippen molar-refractivity contribution in [1.82, 2.24) is 15.5 Å². The molecule has 29 heavy (non-hydrogen) atoms. The highest BCUT2D eigenvalue weighted by molar-refractivity contribution is 5.95. The Balaban J connectivity index is 1.74. The molecule has 3 aromatic rings. The van der Waals surface area contributed by atoms with Crippen molar-refractivity contribution in [3.05, 3.63) is 47.9 Å². The van der Waals surface area contributed by atoms with Crippen LogP contribution in [0.2, 0.25) is 0 Å². The fraction of sp³-hybridized carbons (Fsp3) is 0.250. The number of amides is 1. The van der Waals surface area contributed by atoms with Crippen LogP contribution in [-0.4, -0.2) is 44.5 Å². The van der Waals surface area contributed by atoms with E-state index in [1.54, 1.807) is 25.3 Å². The molecule has 0 unspecified atom stereocenters. The highest BCUT2D eigenvalue weighted by Gasteiger charge is 2.18. The fourth-order valence-electron chi connectivity index (χ4n) is 2.73. The smallest absolute Gasteiger partial charge is 0.251 e. The predicted molar refractivity (Wildman–Crippen MR) is 104 cm³/mol. The largest absolute Gasteiger partial charge is 0.496 e. The van der Waals surface area contributed by atoms with Crippen molar-refractivity contribution in [3.63, 3.8) is 0 Å². The van der Waals surface area contributed by atoms with Crippen LogP contribution in [0.1, 0.15) is 16.2 Å². The molecule has 0 aliphatic heterocycles. The Morgan fingerprint density at radius 3 is 2.21 bits per heavy atom. The molecule has 0 fully saturated rings. The quantitative estimate of drug-likeness (QED) is 0.616. The average molecular weight is 399 g/mol. The first-order valence-corrected chi connectivity index (χ1v) is 8.65. The molecule has 1 N–H and O–H groups in total. The number of methoxy groups -OCH3 is 4. The standard InChI is InChI=1S/C20H21N3O6/c1-25-14-8-6-5-7-13(14)20-23-22-17(29-20)11-21-19(24)12-9-15(26-2)18(28-4)16(10-12)27-3/h5-10H,11H2,1-4H3,(H,21,24). The molecule has 1 amide bonds. The van der Waals surface area contributed by atoms with Crippen molar-refractivity contribution in [2.24, 2.45) is 0 Å². The lowest BCUT2D eigenvalue weighted by atomic mass is 10.1. The van der Waals surface area contributed by atoms with Gasteiger partial charge in [-0.15, -0.1) is 10.2 Å². The maximum absolute atomic E-state index is 12.6. The fourth-order valence-corrected chi connectivity index (χ4v) is 2.73. The number of rotatable bonds is 8. The van der Waals surface area contributed by atoms with Gasteiger partial charge in [0, 0.05) is 5.56 Å². The van der Waals surface area contributed by atoms with Gasteiger partial charge in [0.25, 0.3) is 11.8 Å². The molecular weight excluding hydrogens is 378 g/mol. The summed E-state index contributed by atoms with van der Waals surface area (Å²) in [5.74, 6) is 1.99. The minimum absolute atomic E-state index is 0.0532. The molecule has 9 heteroatoms. The van der Waals surface area contributed by atoms with Crippen LogP contribution < -0.4 is 24.3 Å². The molecule has 0 saturated heterocycles. The molecule has 0 spiro atoms. The lowest BCUT2D eigenvalue weighted by Crippen LogP contribution is -2.23. The van der Waals surface area contributed by atoms with E-state index in [1.165, 1.54) is 21.3 Å². The Bertz CT molecular complexity index is 976. The number of carbonyl (C=O) groups excluding carboxylic acids is 1. The van der Waals surface area contributed by atoms with Gasteiger partial charge >= 0.3 is 0 Å². The first-order valence-electron chi connectivity index (χ1n) is 8.65. The van der Waals surface area contributed by atoms with Crippen LogP contribution in [0.5, 0.6) is 23.0 Å². The van der Waals surface area contributed by atoms with Crippen molar-refractivity contribution in [2.75, 3.05) is 28.4 Å². The number of hydrogen-bond acceptors (Lipinski definition) is 8. The number of hydrogen-bond donors (Lipinski definition) is 1. The summed E-state index contributed by atoms with van der Waals surface area (Å²) in [5.41, 5.74) is 1.01. The van der Waals surface area contributed by atoms with Crippen LogP contribution in [0, 0.1) is 0 Å². The Kier molecular flexibility index (Phi) is 6.18. The van der Waals surface area contributed by atoms with Crippen molar-refractivity contribution in [2.45, 2.75) is 6.54 Å². The van der Waals surface area contributed by atoms with Gasteiger partial charge in [-0.25, -0.2) is 0 Å². The van der Waals surface area contributed by atoms with Crippen molar-refractivity contribution in [1.29, 1.82) is 0 Å². The SMILES string of the molecule is COc1ccccc1-c1nnc(CNC(=O)c2cc(OC)c(OC)c(OC)c2)o1. The van der Waals surface area contributed by atoms with E-state index < -0.39 is 0 Å². The molecule has 0 aliphatic rings. The van der Waals surface area contributed by atoms with E-state index in [4.69, 9.17) is 23.4 Å². The number of aromatic nitrogens is 2. The van der Waals surface area contributed by atoms with E-state index in [0.717, 1.165) is 0 Å². The van der Waals surface area contributed by atoms with Gasteiger partial charge in [-0.2, -0.15) is 0 Å². The minimum Gasteiger partial charge on any atom is -0.496 e. The normalized spacial score (nSPS) is 10.3. The van der Waals surface area contributed by atoms with Crippen LogP contribution in [-0.2, 0) is 6.54 Å². The lowest BCUT2D eigenvalue weighted by molar-refractivity contribution is 0.0946.